The molecule has 0 amide bonds. The first-order valence-corrected chi connectivity index (χ1v) is 10.1. The summed E-state index contributed by atoms with van der Waals surface area (Å²) in [6.07, 6.45) is 0.832. The van der Waals surface area contributed by atoms with Crippen LogP contribution in [-0.4, -0.2) is 41.1 Å². The van der Waals surface area contributed by atoms with Gasteiger partial charge >= 0.3 is 0 Å². The first-order chi connectivity index (χ1) is 12.5. The molecule has 148 valence electrons. The van der Waals surface area contributed by atoms with E-state index in [0.717, 1.165) is 11.4 Å². The van der Waals surface area contributed by atoms with Crippen LogP contribution < -0.4 is 15.4 Å². The van der Waals surface area contributed by atoms with E-state index in [-0.39, 0.29) is 35.4 Å². The van der Waals surface area contributed by atoms with Crippen molar-refractivity contribution in [2.24, 2.45) is 4.99 Å². The summed E-state index contributed by atoms with van der Waals surface area (Å²) in [6.45, 7) is 1.39. The fraction of sp³-hybridized carbons (Fsp3) is 0.278. The Balaban J connectivity index is 0.00000364. The topological polar surface area (TPSA) is 82.6 Å². The van der Waals surface area contributed by atoms with Crippen molar-refractivity contribution < 1.29 is 8.42 Å². The third kappa shape index (κ3) is 8.46. The highest BCUT2D eigenvalue weighted by atomic mass is 127. The summed E-state index contributed by atoms with van der Waals surface area (Å²) in [6, 6.07) is 16.0. The highest BCUT2D eigenvalue weighted by molar-refractivity contribution is 14.0. The lowest BCUT2D eigenvalue weighted by Crippen LogP contribution is -2.42. The van der Waals surface area contributed by atoms with Crippen LogP contribution in [0.1, 0.15) is 5.56 Å². The third-order valence-electron chi connectivity index (χ3n) is 3.61. The number of halogens is 2. The van der Waals surface area contributed by atoms with E-state index in [9.17, 15) is 8.42 Å². The molecule has 0 spiro atoms. The minimum atomic E-state index is -3.48. The van der Waals surface area contributed by atoms with Gasteiger partial charge in [0.05, 0.1) is 4.90 Å². The van der Waals surface area contributed by atoms with Crippen LogP contribution in [0.5, 0.6) is 0 Å². The molecule has 27 heavy (non-hydrogen) atoms. The van der Waals surface area contributed by atoms with Gasteiger partial charge in [0.25, 0.3) is 0 Å². The lowest BCUT2D eigenvalue weighted by molar-refractivity contribution is 0.580. The van der Waals surface area contributed by atoms with Gasteiger partial charge in [-0.3, -0.25) is 4.99 Å². The molecule has 0 aliphatic carbocycles. The molecule has 0 fully saturated rings. The second kappa shape index (κ2) is 12.2. The average Bonchev–Trinajstić information content (AvgIpc) is 2.66. The zero-order chi connectivity index (χ0) is 18.8. The fourth-order valence-electron chi connectivity index (χ4n) is 2.25. The maximum atomic E-state index is 12.1. The molecule has 0 saturated heterocycles. The van der Waals surface area contributed by atoms with Crippen LogP contribution in [0.3, 0.4) is 0 Å². The Morgan fingerprint density at radius 1 is 0.963 bits per heavy atom. The molecule has 0 radical (unpaired) electrons. The predicted octanol–water partition coefficient (Wildman–Crippen LogP) is 2.64. The van der Waals surface area contributed by atoms with Gasteiger partial charge in [-0.25, -0.2) is 13.1 Å². The fourth-order valence-corrected chi connectivity index (χ4v) is 3.43. The van der Waals surface area contributed by atoms with Crippen molar-refractivity contribution in [1.29, 1.82) is 0 Å². The molecule has 6 nitrogen and oxygen atoms in total. The standard InChI is InChI=1S/C18H23ClN4O2S.HI/c1-20-18(21-12-11-15-7-9-16(19)10-8-15)22-13-14-23-26(24,25)17-5-3-2-4-6-17;/h2-10,23H,11-14H2,1H3,(H2,20,21,22);1H. The Morgan fingerprint density at radius 2 is 1.59 bits per heavy atom. The smallest absolute Gasteiger partial charge is 0.240 e. The van der Waals surface area contributed by atoms with E-state index in [1.54, 1.807) is 37.4 Å². The van der Waals surface area contributed by atoms with Gasteiger partial charge in [0.15, 0.2) is 5.96 Å². The van der Waals surface area contributed by atoms with Gasteiger partial charge in [0, 0.05) is 31.7 Å². The van der Waals surface area contributed by atoms with Crippen LogP contribution in [0.15, 0.2) is 64.5 Å². The quantitative estimate of drug-likeness (QED) is 0.215. The van der Waals surface area contributed by atoms with Gasteiger partial charge in [-0.2, -0.15) is 0 Å². The minimum Gasteiger partial charge on any atom is -0.356 e. The van der Waals surface area contributed by atoms with E-state index in [1.165, 1.54) is 5.56 Å². The number of rotatable bonds is 8. The van der Waals surface area contributed by atoms with Gasteiger partial charge in [-0.15, -0.1) is 24.0 Å². The number of nitrogens with one attached hydrogen (secondary N) is 3. The van der Waals surface area contributed by atoms with Crippen LogP contribution in [0.25, 0.3) is 0 Å². The highest BCUT2D eigenvalue weighted by Crippen LogP contribution is 2.09. The minimum absolute atomic E-state index is 0. The van der Waals surface area contributed by atoms with E-state index >= 15 is 0 Å². The van der Waals surface area contributed by atoms with Crippen molar-refractivity contribution >= 4 is 51.6 Å². The molecule has 0 unspecified atom stereocenters. The zero-order valence-corrected chi connectivity index (χ0v) is 18.9. The van der Waals surface area contributed by atoms with E-state index in [0.29, 0.717) is 19.0 Å². The second-order valence-electron chi connectivity index (χ2n) is 5.51. The molecule has 2 rings (SSSR count). The van der Waals surface area contributed by atoms with Crippen LogP contribution in [0.4, 0.5) is 0 Å². The molecule has 0 aliphatic rings. The Hall–Kier alpha value is -1.36. The molecule has 3 N–H and O–H groups in total. The van der Waals surface area contributed by atoms with E-state index in [1.807, 2.05) is 24.3 Å². The van der Waals surface area contributed by atoms with E-state index in [4.69, 9.17) is 11.6 Å². The second-order valence-corrected chi connectivity index (χ2v) is 7.72. The average molecular weight is 523 g/mol. The number of aliphatic imine (C=N–C) groups is 1. The van der Waals surface area contributed by atoms with E-state index < -0.39 is 10.0 Å². The van der Waals surface area contributed by atoms with Crippen molar-refractivity contribution in [3.05, 3.63) is 65.2 Å². The molecule has 0 bridgehead atoms. The number of nitrogens with zero attached hydrogens (tertiary/aromatic N) is 1. The summed E-state index contributed by atoms with van der Waals surface area (Å²) in [4.78, 5) is 4.38. The molecule has 2 aromatic carbocycles. The predicted molar refractivity (Wildman–Crippen MR) is 122 cm³/mol. The molecule has 9 heteroatoms. The van der Waals surface area contributed by atoms with Crippen LogP contribution in [0, 0.1) is 0 Å². The molecular weight excluding hydrogens is 499 g/mol. The van der Waals surface area contributed by atoms with Gasteiger partial charge in [0.2, 0.25) is 10.0 Å². The maximum Gasteiger partial charge on any atom is 0.240 e. The normalized spacial score (nSPS) is 11.6. The van der Waals surface area contributed by atoms with E-state index in [2.05, 4.69) is 20.3 Å². The van der Waals surface area contributed by atoms with Crippen molar-refractivity contribution in [3.8, 4) is 0 Å². The largest absolute Gasteiger partial charge is 0.356 e. The van der Waals surface area contributed by atoms with Crippen molar-refractivity contribution in [2.45, 2.75) is 11.3 Å². The molecule has 0 aromatic heterocycles. The highest BCUT2D eigenvalue weighted by Gasteiger charge is 2.11. The number of guanidine groups is 1. The molecule has 0 atom stereocenters. The summed E-state index contributed by atoms with van der Waals surface area (Å²) in [5.41, 5.74) is 1.17. The molecular formula is C18H24ClIN4O2S. The van der Waals surface area contributed by atoms with Gasteiger partial charge in [-0.05, 0) is 36.2 Å². The summed E-state index contributed by atoms with van der Waals surface area (Å²) >= 11 is 5.87. The Bertz CT molecular complexity index is 815. The zero-order valence-electron chi connectivity index (χ0n) is 15.0. The first kappa shape index (κ1) is 23.7. The number of sulfonamides is 1. The first-order valence-electron chi connectivity index (χ1n) is 8.25. The number of hydrogen-bond donors (Lipinski definition) is 3. The van der Waals surface area contributed by atoms with Crippen molar-refractivity contribution in [3.63, 3.8) is 0 Å². The number of benzene rings is 2. The monoisotopic (exact) mass is 522 g/mol. The maximum absolute atomic E-state index is 12.1. The van der Waals surface area contributed by atoms with Crippen LogP contribution >= 0.6 is 35.6 Å². The SMILES string of the molecule is CN=C(NCCNS(=O)(=O)c1ccccc1)NCCc1ccc(Cl)cc1.I. The summed E-state index contributed by atoms with van der Waals surface area (Å²) in [5.74, 6) is 0.623. The third-order valence-corrected chi connectivity index (χ3v) is 5.33. The summed E-state index contributed by atoms with van der Waals surface area (Å²) in [7, 11) is -1.81. The Labute approximate surface area is 182 Å². The van der Waals surface area contributed by atoms with Crippen LogP contribution in [0.2, 0.25) is 5.02 Å². The van der Waals surface area contributed by atoms with Gasteiger partial charge < -0.3 is 10.6 Å². The number of hydrogen-bond acceptors (Lipinski definition) is 3. The summed E-state index contributed by atoms with van der Waals surface area (Å²) < 4.78 is 26.8. The van der Waals surface area contributed by atoms with Crippen LogP contribution in [-0.2, 0) is 16.4 Å². The lowest BCUT2D eigenvalue weighted by Gasteiger charge is -2.12. The molecule has 0 aliphatic heterocycles. The Kier molecular flexibility index (Phi) is 10.7. The molecule has 0 heterocycles. The van der Waals surface area contributed by atoms with Crippen molar-refractivity contribution in [1.82, 2.24) is 15.4 Å². The van der Waals surface area contributed by atoms with Gasteiger partial charge in [-0.1, -0.05) is 41.9 Å². The Morgan fingerprint density at radius 3 is 2.22 bits per heavy atom. The lowest BCUT2D eigenvalue weighted by atomic mass is 10.1. The molecule has 0 saturated carbocycles. The summed E-state index contributed by atoms with van der Waals surface area (Å²) in [5, 5.41) is 6.99. The van der Waals surface area contributed by atoms with Gasteiger partial charge in [0.1, 0.15) is 0 Å². The van der Waals surface area contributed by atoms with Crippen molar-refractivity contribution in [2.75, 3.05) is 26.7 Å². The molecule has 2 aromatic rings.